The number of carbonyl (C=O) groups excluding carboxylic acids is 1. The molecule has 0 N–H and O–H groups in total. The monoisotopic (exact) mass is 536 g/mol. The summed E-state index contributed by atoms with van der Waals surface area (Å²) in [6.07, 6.45) is 1.09. The van der Waals surface area contributed by atoms with Crippen molar-refractivity contribution < 1.29 is 22.3 Å². The highest BCUT2D eigenvalue weighted by atomic mass is 35.5. The van der Waals surface area contributed by atoms with E-state index >= 15 is 0 Å². The van der Waals surface area contributed by atoms with Gasteiger partial charge in [0.2, 0.25) is 10.0 Å². The van der Waals surface area contributed by atoms with Gasteiger partial charge in [-0.15, -0.1) is 0 Å². The van der Waals surface area contributed by atoms with Gasteiger partial charge in [-0.1, -0.05) is 47.5 Å². The Labute approximate surface area is 213 Å². The van der Waals surface area contributed by atoms with Crippen LogP contribution in [-0.4, -0.2) is 51.8 Å². The average molecular weight is 537 g/mol. The molecular formula is C25H23Cl2FN2O4S. The van der Waals surface area contributed by atoms with Crippen molar-refractivity contribution in [2.45, 2.75) is 12.1 Å². The number of likely N-dealkylation sites (tertiary alicyclic amines) is 1. The number of esters is 1. The van der Waals surface area contributed by atoms with Crippen LogP contribution in [0.3, 0.4) is 0 Å². The lowest BCUT2D eigenvalue weighted by molar-refractivity contribution is 0.0595. The molecule has 184 valence electrons. The Balaban J connectivity index is 1.65. The molecule has 35 heavy (non-hydrogen) atoms. The van der Waals surface area contributed by atoms with Gasteiger partial charge in [-0.2, -0.15) is 0 Å². The molecule has 0 spiro atoms. The molecule has 0 radical (unpaired) electrons. The van der Waals surface area contributed by atoms with Crippen LogP contribution in [0.4, 0.5) is 10.1 Å². The van der Waals surface area contributed by atoms with E-state index in [9.17, 15) is 17.6 Å². The van der Waals surface area contributed by atoms with E-state index in [1.165, 1.54) is 16.4 Å². The zero-order valence-electron chi connectivity index (χ0n) is 19.0. The molecule has 3 aromatic carbocycles. The molecule has 0 aromatic heterocycles. The van der Waals surface area contributed by atoms with E-state index in [2.05, 4.69) is 9.64 Å². The fraction of sp³-hybridized carbons (Fsp3) is 0.240. The number of hydrogen-bond acceptors (Lipinski definition) is 5. The van der Waals surface area contributed by atoms with Gasteiger partial charge in [-0.3, -0.25) is 9.21 Å². The van der Waals surface area contributed by atoms with Crippen molar-refractivity contribution >= 4 is 44.9 Å². The molecular weight excluding hydrogens is 514 g/mol. The summed E-state index contributed by atoms with van der Waals surface area (Å²) in [5, 5.41) is 1.23. The van der Waals surface area contributed by atoms with Crippen LogP contribution in [-0.2, 0) is 14.8 Å². The maximum atomic E-state index is 14.2. The Morgan fingerprint density at radius 3 is 1.97 bits per heavy atom. The number of carbonyl (C=O) groups is 1. The van der Waals surface area contributed by atoms with Crippen LogP contribution >= 0.6 is 23.2 Å². The second kappa shape index (κ2) is 10.1. The summed E-state index contributed by atoms with van der Waals surface area (Å²) in [4.78, 5) is 14.1. The van der Waals surface area contributed by atoms with Gasteiger partial charge in [0.1, 0.15) is 5.82 Å². The van der Waals surface area contributed by atoms with Crippen LogP contribution in [0.5, 0.6) is 0 Å². The first kappa shape index (κ1) is 25.4. The number of hydrogen-bond donors (Lipinski definition) is 0. The van der Waals surface area contributed by atoms with Gasteiger partial charge in [0.05, 0.1) is 36.7 Å². The fourth-order valence-electron chi connectivity index (χ4n) is 4.34. The SMILES string of the molecule is COC(=O)c1cc(N(C2CN(C(c3ccc(Cl)cc3)c3ccc(Cl)cc3)C2)S(C)(=O)=O)ccc1F. The van der Waals surface area contributed by atoms with Gasteiger partial charge < -0.3 is 4.74 Å². The fourth-order valence-corrected chi connectivity index (χ4v) is 5.76. The van der Waals surface area contributed by atoms with Crippen molar-refractivity contribution in [1.29, 1.82) is 0 Å². The van der Waals surface area contributed by atoms with E-state index < -0.39 is 27.9 Å². The summed E-state index contributed by atoms with van der Waals surface area (Å²) in [6.45, 7) is 0.821. The zero-order valence-corrected chi connectivity index (χ0v) is 21.3. The highest BCUT2D eigenvalue weighted by Gasteiger charge is 2.41. The lowest BCUT2D eigenvalue weighted by Gasteiger charge is -2.48. The molecule has 0 unspecified atom stereocenters. The summed E-state index contributed by atoms with van der Waals surface area (Å²) in [6, 6.07) is 18.1. The van der Waals surface area contributed by atoms with E-state index in [1.54, 1.807) is 0 Å². The second-order valence-corrected chi connectivity index (χ2v) is 11.1. The maximum Gasteiger partial charge on any atom is 0.340 e. The van der Waals surface area contributed by atoms with Gasteiger partial charge in [0, 0.05) is 23.1 Å². The minimum Gasteiger partial charge on any atom is -0.465 e. The Morgan fingerprint density at radius 1 is 1.00 bits per heavy atom. The van der Waals surface area contributed by atoms with E-state index in [1.807, 2.05) is 48.5 Å². The van der Waals surface area contributed by atoms with Crippen LogP contribution < -0.4 is 4.31 Å². The highest BCUT2D eigenvalue weighted by molar-refractivity contribution is 7.92. The van der Waals surface area contributed by atoms with Gasteiger partial charge in [-0.25, -0.2) is 17.6 Å². The Kier molecular flexibility index (Phi) is 7.38. The second-order valence-electron chi connectivity index (χ2n) is 8.33. The molecule has 0 aliphatic carbocycles. The van der Waals surface area contributed by atoms with Crippen molar-refractivity contribution in [3.05, 3.63) is 99.3 Å². The number of rotatable bonds is 7. The normalized spacial score (nSPS) is 14.6. The summed E-state index contributed by atoms with van der Waals surface area (Å²) in [5.74, 6) is -1.66. The van der Waals surface area contributed by atoms with Gasteiger partial charge in [-0.05, 0) is 53.6 Å². The molecule has 3 aromatic rings. The molecule has 1 heterocycles. The van der Waals surface area contributed by atoms with E-state index in [0.29, 0.717) is 23.1 Å². The van der Waals surface area contributed by atoms with Crippen molar-refractivity contribution in [2.24, 2.45) is 0 Å². The number of sulfonamides is 1. The predicted octanol–water partition coefficient (Wildman–Crippen LogP) is 5.16. The minimum absolute atomic E-state index is 0.152. The van der Waals surface area contributed by atoms with Crippen LogP contribution in [0.2, 0.25) is 10.0 Å². The van der Waals surface area contributed by atoms with E-state index in [0.717, 1.165) is 30.6 Å². The lowest BCUT2D eigenvalue weighted by atomic mass is 9.93. The number of benzene rings is 3. The first-order chi connectivity index (χ1) is 16.6. The summed E-state index contributed by atoms with van der Waals surface area (Å²) in [7, 11) is -2.59. The Morgan fingerprint density at radius 2 is 1.51 bits per heavy atom. The standard InChI is InChI=1S/C25H23Cl2FN2O4S/c1-34-25(31)22-13-20(11-12-23(22)28)30(35(2,32)33)21-14-29(15-21)24(16-3-7-18(26)8-4-16)17-5-9-19(27)10-6-17/h3-13,21,24H,14-15H2,1-2H3. The summed E-state index contributed by atoms with van der Waals surface area (Å²) < 4.78 is 45.6. The van der Waals surface area contributed by atoms with Crippen molar-refractivity contribution in [1.82, 2.24) is 4.90 Å². The molecule has 1 aliphatic heterocycles. The molecule has 6 nitrogen and oxygen atoms in total. The predicted molar refractivity (Wildman–Crippen MR) is 135 cm³/mol. The average Bonchev–Trinajstić information content (AvgIpc) is 2.79. The van der Waals surface area contributed by atoms with Gasteiger partial charge in [0.25, 0.3) is 0 Å². The highest BCUT2D eigenvalue weighted by Crippen LogP contribution is 2.37. The molecule has 0 atom stereocenters. The van der Waals surface area contributed by atoms with Crippen molar-refractivity contribution in [3.63, 3.8) is 0 Å². The third-order valence-corrected chi connectivity index (χ3v) is 7.65. The largest absolute Gasteiger partial charge is 0.465 e. The first-order valence-corrected chi connectivity index (χ1v) is 13.3. The molecule has 0 amide bonds. The number of nitrogens with zero attached hydrogens (tertiary/aromatic N) is 2. The van der Waals surface area contributed by atoms with Crippen LogP contribution in [0.25, 0.3) is 0 Å². The molecule has 1 saturated heterocycles. The Bertz CT molecular complexity index is 1280. The quantitative estimate of drug-likeness (QED) is 0.390. The number of methoxy groups -OCH3 is 1. The van der Waals surface area contributed by atoms with E-state index in [-0.39, 0.29) is 17.3 Å². The minimum atomic E-state index is -3.73. The Hall–Kier alpha value is -2.65. The maximum absolute atomic E-state index is 14.2. The first-order valence-electron chi connectivity index (χ1n) is 10.7. The molecule has 0 saturated carbocycles. The summed E-state index contributed by atoms with van der Waals surface area (Å²) >= 11 is 12.2. The molecule has 4 rings (SSSR count). The number of halogens is 3. The van der Waals surface area contributed by atoms with E-state index in [4.69, 9.17) is 23.2 Å². The van der Waals surface area contributed by atoms with Gasteiger partial charge in [0.15, 0.2) is 0 Å². The third kappa shape index (κ3) is 5.46. The number of anilines is 1. The lowest BCUT2D eigenvalue weighted by Crippen LogP contribution is -2.61. The summed E-state index contributed by atoms with van der Waals surface area (Å²) in [5.41, 5.74) is 1.87. The molecule has 1 fully saturated rings. The van der Waals surface area contributed by atoms with Gasteiger partial charge >= 0.3 is 5.97 Å². The van der Waals surface area contributed by atoms with Crippen LogP contribution in [0.1, 0.15) is 27.5 Å². The smallest absolute Gasteiger partial charge is 0.340 e. The number of ether oxygens (including phenoxy) is 1. The van der Waals surface area contributed by atoms with Crippen LogP contribution in [0.15, 0.2) is 66.7 Å². The zero-order chi connectivity index (χ0) is 25.3. The van der Waals surface area contributed by atoms with Crippen molar-refractivity contribution in [2.75, 3.05) is 30.8 Å². The van der Waals surface area contributed by atoms with Crippen LogP contribution in [0, 0.1) is 5.82 Å². The molecule has 0 bridgehead atoms. The molecule has 10 heteroatoms. The topological polar surface area (TPSA) is 66.9 Å². The molecule has 1 aliphatic rings. The third-order valence-electron chi connectivity index (χ3n) is 5.93. The van der Waals surface area contributed by atoms with Crippen molar-refractivity contribution in [3.8, 4) is 0 Å².